The number of fused-ring (bicyclic) bond motifs is 2. The highest BCUT2D eigenvalue weighted by Crippen LogP contribution is 2.42. The molecule has 3 heterocycles. The largest absolute Gasteiger partial charge is 0.334 e. The molecule has 148 valence electrons. The van der Waals surface area contributed by atoms with E-state index in [2.05, 4.69) is 10.1 Å². The molecule has 5 nitrogen and oxygen atoms in total. The van der Waals surface area contributed by atoms with Gasteiger partial charge in [-0.15, -0.1) is 11.3 Å². The molecule has 0 N–H and O–H groups in total. The Morgan fingerprint density at radius 1 is 1.07 bits per heavy atom. The van der Waals surface area contributed by atoms with Crippen molar-refractivity contribution in [1.29, 1.82) is 0 Å². The van der Waals surface area contributed by atoms with Crippen LogP contribution in [0.5, 0.6) is 0 Å². The van der Waals surface area contributed by atoms with Crippen molar-refractivity contribution in [3.05, 3.63) is 76.3 Å². The number of hydrogen-bond acceptors (Lipinski definition) is 6. The molecule has 2 aromatic heterocycles. The minimum absolute atomic E-state index is 0.0210. The molecule has 0 radical (unpaired) electrons. The van der Waals surface area contributed by atoms with Crippen molar-refractivity contribution in [2.75, 3.05) is 11.4 Å². The van der Waals surface area contributed by atoms with Crippen molar-refractivity contribution in [3.63, 3.8) is 0 Å². The van der Waals surface area contributed by atoms with Crippen LogP contribution in [0.1, 0.15) is 28.0 Å². The van der Waals surface area contributed by atoms with Crippen LogP contribution in [0, 0.1) is 0 Å². The molecule has 7 heteroatoms. The monoisotopic (exact) mass is 431 g/mol. The maximum Gasteiger partial charge on any atom is 0.259 e. The summed E-state index contributed by atoms with van der Waals surface area (Å²) in [7, 11) is 0. The highest BCUT2D eigenvalue weighted by Gasteiger charge is 2.26. The van der Waals surface area contributed by atoms with E-state index in [9.17, 15) is 4.79 Å². The second kappa shape index (κ2) is 7.93. The number of nitrogens with zero attached hydrogens (tertiary/aromatic N) is 3. The fraction of sp³-hybridized carbons (Fsp3) is 0.0870. The zero-order valence-electron chi connectivity index (χ0n) is 16.1. The molecule has 0 bridgehead atoms. The first-order chi connectivity index (χ1) is 14.7. The first-order valence-electron chi connectivity index (χ1n) is 9.51. The second-order valence-electron chi connectivity index (χ2n) is 6.64. The average molecular weight is 432 g/mol. The van der Waals surface area contributed by atoms with Crippen molar-refractivity contribution in [3.8, 4) is 11.4 Å². The molecule has 0 saturated carbocycles. The Morgan fingerprint density at radius 3 is 2.80 bits per heavy atom. The lowest BCUT2D eigenvalue weighted by Crippen LogP contribution is -2.30. The van der Waals surface area contributed by atoms with Gasteiger partial charge in [0.25, 0.3) is 11.8 Å². The Labute approximate surface area is 182 Å². The van der Waals surface area contributed by atoms with Crippen LogP contribution >= 0.6 is 23.1 Å². The quantitative estimate of drug-likeness (QED) is 0.391. The van der Waals surface area contributed by atoms with E-state index in [1.54, 1.807) is 23.1 Å². The molecule has 4 aromatic rings. The van der Waals surface area contributed by atoms with E-state index >= 15 is 0 Å². The summed E-state index contributed by atoms with van der Waals surface area (Å²) in [4.78, 5) is 22.4. The molecule has 0 fully saturated rings. The number of rotatable bonds is 4. The van der Waals surface area contributed by atoms with Gasteiger partial charge in [-0.1, -0.05) is 35.1 Å². The van der Waals surface area contributed by atoms with Crippen LogP contribution in [0.3, 0.4) is 0 Å². The normalized spacial score (nSPS) is 13.4. The van der Waals surface area contributed by atoms with Gasteiger partial charge in [0.2, 0.25) is 5.82 Å². The smallest absolute Gasteiger partial charge is 0.259 e. The molecule has 0 atom stereocenters. The molecular weight excluding hydrogens is 414 g/mol. The zero-order valence-corrected chi connectivity index (χ0v) is 17.7. The fourth-order valence-corrected chi connectivity index (χ4v) is 5.07. The van der Waals surface area contributed by atoms with Crippen molar-refractivity contribution in [2.45, 2.75) is 16.7 Å². The Hall–Kier alpha value is -3.16. The third-order valence-electron chi connectivity index (χ3n) is 4.78. The van der Waals surface area contributed by atoms with Crippen LogP contribution in [0.25, 0.3) is 23.5 Å². The molecule has 0 unspecified atom stereocenters. The van der Waals surface area contributed by atoms with Crippen molar-refractivity contribution < 1.29 is 9.32 Å². The summed E-state index contributed by atoms with van der Waals surface area (Å²) in [6.45, 7) is 2.58. The van der Waals surface area contributed by atoms with E-state index in [0.717, 1.165) is 31.5 Å². The number of anilines is 1. The van der Waals surface area contributed by atoms with Crippen LogP contribution in [0.4, 0.5) is 5.69 Å². The van der Waals surface area contributed by atoms with E-state index in [0.29, 0.717) is 18.3 Å². The Kier molecular flexibility index (Phi) is 4.98. The molecule has 30 heavy (non-hydrogen) atoms. The lowest BCUT2D eigenvalue weighted by atomic mass is 10.1. The maximum atomic E-state index is 13.0. The van der Waals surface area contributed by atoms with Gasteiger partial charge in [-0.3, -0.25) is 4.79 Å². The summed E-state index contributed by atoms with van der Waals surface area (Å²) >= 11 is 3.24. The fourth-order valence-electron chi connectivity index (χ4n) is 3.34. The van der Waals surface area contributed by atoms with Crippen LogP contribution < -0.4 is 4.90 Å². The summed E-state index contributed by atoms with van der Waals surface area (Å²) in [6, 6.07) is 17.7. The van der Waals surface area contributed by atoms with Crippen LogP contribution in [0.15, 0.2) is 74.3 Å². The number of thiophene rings is 1. The minimum atomic E-state index is 0.0210. The molecule has 0 saturated heterocycles. The SMILES string of the molecule is CCN1C(=O)c2ccccc2Sc2cc(-c3noc(C=Cc4cccs4)n3)ccc21. The average Bonchev–Trinajstić information content (AvgIpc) is 3.44. The summed E-state index contributed by atoms with van der Waals surface area (Å²) in [6.07, 6.45) is 3.77. The van der Waals surface area contributed by atoms with E-state index in [1.807, 2.05) is 84.0 Å². The van der Waals surface area contributed by atoms with Gasteiger partial charge in [-0.05, 0) is 54.8 Å². The van der Waals surface area contributed by atoms with E-state index in [-0.39, 0.29) is 5.91 Å². The number of aromatic nitrogens is 2. The van der Waals surface area contributed by atoms with Crippen LogP contribution in [-0.4, -0.2) is 22.6 Å². The van der Waals surface area contributed by atoms with Crippen molar-refractivity contribution in [1.82, 2.24) is 10.1 Å². The number of carbonyl (C=O) groups is 1. The Bertz CT molecular complexity index is 1250. The highest BCUT2D eigenvalue weighted by molar-refractivity contribution is 7.99. The predicted molar refractivity (Wildman–Crippen MR) is 121 cm³/mol. The van der Waals surface area contributed by atoms with Crippen LogP contribution in [0.2, 0.25) is 0 Å². The second-order valence-corrected chi connectivity index (χ2v) is 8.70. The summed E-state index contributed by atoms with van der Waals surface area (Å²) in [5.41, 5.74) is 2.47. The van der Waals surface area contributed by atoms with Gasteiger partial charge in [0.1, 0.15) is 0 Å². The topological polar surface area (TPSA) is 59.2 Å². The van der Waals surface area contributed by atoms with Gasteiger partial charge in [0.15, 0.2) is 0 Å². The van der Waals surface area contributed by atoms with Gasteiger partial charge in [-0.2, -0.15) is 4.98 Å². The van der Waals surface area contributed by atoms with Gasteiger partial charge in [-0.25, -0.2) is 0 Å². The molecule has 0 spiro atoms. The molecule has 1 aliphatic heterocycles. The Balaban J connectivity index is 1.50. The van der Waals surface area contributed by atoms with Crippen molar-refractivity contribution >= 4 is 46.8 Å². The molecule has 1 amide bonds. The predicted octanol–water partition coefficient (Wildman–Crippen LogP) is 6.10. The number of amides is 1. The first-order valence-corrected chi connectivity index (χ1v) is 11.2. The standard InChI is InChI=1S/C23H17N3O2S2/c1-2-26-18-11-9-15(14-20(18)30-19-8-4-3-7-17(19)23(26)27)22-24-21(28-25-22)12-10-16-6-5-13-29-16/h3-14H,2H2,1H3. The zero-order chi connectivity index (χ0) is 20.5. The van der Waals surface area contributed by atoms with Gasteiger partial charge < -0.3 is 9.42 Å². The maximum absolute atomic E-state index is 13.0. The van der Waals surface area contributed by atoms with Gasteiger partial charge in [0.05, 0.1) is 11.3 Å². The van der Waals surface area contributed by atoms with Crippen LogP contribution in [-0.2, 0) is 0 Å². The molecule has 5 rings (SSSR count). The molecular formula is C23H17N3O2S2. The molecule has 2 aromatic carbocycles. The number of benzene rings is 2. The third-order valence-corrected chi connectivity index (χ3v) is 6.74. The lowest BCUT2D eigenvalue weighted by molar-refractivity contribution is 0.0985. The van der Waals surface area contributed by atoms with Crippen molar-refractivity contribution in [2.24, 2.45) is 0 Å². The summed E-state index contributed by atoms with van der Waals surface area (Å²) < 4.78 is 5.39. The van der Waals surface area contributed by atoms with E-state index in [4.69, 9.17) is 4.52 Å². The highest BCUT2D eigenvalue weighted by atomic mass is 32.2. The van der Waals surface area contributed by atoms with E-state index < -0.39 is 0 Å². The van der Waals surface area contributed by atoms with Gasteiger partial charge >= 0.3 is 0 Å². The lowest BCUT2D eigenvalue weighted by Gasteiger charge is -2.21. The Morgan fingerprint density at radius 2 is 1.97 bits per heavy atom. The van der Waals surface area contributed by atoms with Gasteiger partial charge in [0, 0.05) is 32.9 Å². The molecule has 1 aliphatic rings. The molecule has 0 aliphatic carbocycles. The summed E-state index contributed by atoms with van der Waals surface area (Å²) in [5, 5.41) is 6.16. The number of carbonyl (C=O) groups excluding carboxylic acids is 1. The minimum Gasteiger partial charge on any atom is -0.334 e. The van der Waals surface area contributed by atoms with E-state index in [1.165, 1.54) is 0 Å². The first kappa shape index (κ1) is 18.8. The summed E-state index contributed by atoms with van der Waals surface area (Å²) in [5.74, 6) is 1.00. The third kappa shape index (κ3) is 3.46. The number of hydrogen-bond donors (Lipinski definition) is 0.